The van der Waals surface area contributed by atoms with Crippen molar-refractivity contribution in [2.75, 3.05) is 5.32 Å². The predicted molar refractivity (Wildman–Crippen MR) is 108 cm³/mol. The normalized spacial score (nSPS) is 10.9. The average molecular weight is 370 g/mol. The summed E-state index contributed by atoms with van der Waals surface area (Å²) in [6.45, 7) is 0. The van der Waals surface area contributed by atoms with Crippen molar-refractivity contribution in [3.05, 3.63) is 102 Å². The molecular formula is C23H18N2O3. The maximum atomic E-state index is 13.3. The SMILES string of the molecule is NC(=O)c1oc2ccccc2c1NC(=O)C(c1ccccc1)c1ccccc1. The highest BCUT2D eigenvalue weighted by molar-refractivity contribution is 6.11. The van der Waals surface area contributed by atoms with E-state index in [0.29, 0.717) is 16.7 Å². The molecule has 0 aliphatic rings. The lowest BCUT2D eigenvalue weighted by Crippen LogP contribution is -2.23. The maximum Gasteiger partial charge on any atom is 0.286 e. The van der Waals surface area contributed by atoms with Gasteiger partial charge < -0.3 is 15.5 Å². The quantitative estimate of drug-likeness (QED) is 0.549. The first-order valence-corrected chi connectivity index (χ1v) is 8.87. The third-order valence-electron chi connectivity index (χ3n) is 4.60. The summed E-state index contributed by atoms with van der Waals surface area (Å²) in [5, 5.41) is 3.51. The second-order valence-corrected chi connectivity index (χ2v) is 6.41. The van der Waals surface area contributed by atoms with Crippen molar-refractivity contribution in [3.8, 4) is 0 Å². The summed E-state index contributed by atoms with van der Waals surface area (Å²) in [6.07, 6.45) is 0. The zero-order chi connectivity index (χ0) is 19.5. The van der Waals surface area contributed by atoms with Gasteiger partial charge in [0.25, 0.3) is 5.91 Å². The number of fused-ring (bicyclic) bond motifs is 1. The molecule has 2 amide bonds. The van der Waals surface area contributed by atoms with Crippen LogP contribution in [0.2, 0.25) is 0 Å². The van der Waals surface area contributed by atoms with Crippen molar-refractivity contribution in [2.24, 2.45) is 5.73 Å². The minimum atomic E-state index is -0.734. The summed E-state index contributed by atoms with van der Waals surface area (Å²) in [6, 6.07) is 26.1. The van der Waals surface area contributed by atoms with Gasteiger partial charge in [0, 0.05) is 5.39 Å². The number of primary amides is 1. The molecule has 0 atom stereocenters. The Bertz CT molecular complexity index is 1090. The minimum Gasteiger partial charge on any atom is -0.449 e. The van der Waals surface area contributed by atoms with Crippen molar-refractivity contribution < 1.29 is 14.0 Å². The number of hydrogen-bond acceptors (Lipinski definition) is 3. The highest BCUT2D eigenvalue weighted by Crippen LogP contribution is 2.33. The number of amides is 2. The fraction of sp³-hybridized carbons (Fsp3) is 0.0435. The zero-order valence-electron chi connectivity index (χ0n) is 15.0. The van der Waals surface area contributed by atoms with E-state index in [1.165, 1.54) is 0 Å². The van der Waals surface area contributed by atoms with Gasteiger partial charge in [-0.3, -0.25) is 9.59 Å². The van der Waals surface area contributed by atoms with Crippen molar-refractivity contribution in [1.29, 1.82) is 0 Å². The molecule has 3 aromatic carbocycles. The largest absolute Gasteiger partial charge is 0.449 e. The Morgan fingerprint density at radius 1 is 0.786 bits per heavy atom. The van der Waals surface area contributed by atoms with Crippen LogP contribution in [0.1, 0.15) is 27.6 Å². The summed E-state index contributed by atoms with van der Waals surface area (Å²) in [5.41, 5.74) is 7.95. The van der Waals surface area contributed by atoms with E-state index in [1.54, 1.807) is 18.2 Å². The highest BCUT2D eigenvalue weighted by atomic mass is 16.3. The summed E-state index contributed by atoms with van der Waals surface area (Å²) in [7, 11) is 0. The average Bonchev–Trinajstić information content (AvgIpc) is 3.09. The van der Waals surface area contributed by atoms with Gasteiger partial charge in [-0.1, -0.05) is 72.8 Å². The summed E-state index contributed by atoms with van der Waals surface area (Å²) < 4.78 is 5.56. The van der Waals surface area contributed by atoms with E-state index >= 15 is 0 Å². The standard InChI is InChI=1S/C23H18N2O3/c24-22(26)21-20(17-13-7-8-14-18(17)28-21)25-23(27)19(15-9-3-1-4-10-15)16-11-5-2-6-12-16/h1-14,19H,(H2,24,26)(H,25,27). The Morgan fingerprint density at radius 2 is 1.32 bits per heavy atom. The molecule has 1 aromatic heterocycles. The molecule has 0 spiro atoms. The van der Waals surface area contributed by atoms with Crippen LogP contribution in [0.3, 0.4) is 0 Å². The minimum absolute atomic E-state index is 0.0607. The number of rotatable bonds is 5. The molecule has 0 saturated carbocycles. The number of carbonyl (C=O) groups is 2. The molecule has 138 valence electrons. The summed E-state index contributed by atoms with van der Waals surface area (Å²) in [5.74, 6) is -1.61. The molecule has 0 radical (unpaired) electrons. The first kappa shape index (κ1) is 17.5. The first-order valence-electron chi connectivity index (χ1n) is 8.87. The molecule has 0 saturated heterocycles. The molecule has 0 aliphatic carbocycles. The Balaban J connectivity index is 1.78. The lowest BCUT2D eigenvalue weighted by Gasteiger charge is -2.18. The van der Waals surface area contributed by atoms with Gasteiger partial charge >= 0.3 is 0 Å². The van der Waals surface area contributed by atoms with E-state index in [2.05, 4.69) is 5.32 Å². The van der Waals surface area contributed by atoms with Gasteiger partial charge in [0.1, 0.15) is 11.3 Å². The van der Waals surface area contributed by atoms with E-state index in [-0.39, 0.29) is 11.7 Å². The lowest BCUT2D eigenvalue weighted by atomic mass is 9.90. The fourth-order valence-electron chi connectivity index (χ4n) is 3.32. The molecule has 4 rings (SSSR count). The van der Waals surface area contributed by atoms with Gasteiger partial charge in [-0.05, 0) is 23.3 Å². The topological polar surface area (TPSA) is 85.3 Å². The van der Waals surface area contributed by atoms with E-state index in [0.717, 1.165) is 11.1 Å². The van der Waals surface area contributed by atoms with Gasteiger partial charge in [-0.25, -0.2) is 0 Å². The summed E-state index contributed by atoms with van der Waals surface area (Å²) in [4.78, 5) is 25.2. The number of para-hydroxylation sites is 1. The van der Waals surface area contributed by atoms with Crippen LogP contribution in [0.15, 0.2) is 89.3 Å². The van der Waals surface area contributed by atoms with Crippen LogP contribution in [-0.2, 0) is 4.79 Å². The third kappa shape index (κ3) is 3.25. The zero-order valence-corrected chi connectivity index (χ0v) is 15.0. The molecular weight excluding hydrogens is 352 g/mol. The molecule has 3 N–H and O–H groups in total. The van der Waals surface area contributed by atoms with Crippen molar-refractivity contribution in [1.82, 2.24) is 0 Å². The Kier molecular flexibility index (Phi) is 4.64. The van der Waals surface area contributed by atoms with Crippen LogP contribution in [0, 0.1) is 0 Å². The summed E-state index contributed by atoms with van der Waals surface area (Å²) >= 11 is 0. The molecule has 0 fully saturated rings. The molecule has 28 heavy (non-hydrogen) atoms. The van der Waals surface area contributed by atoms with Gasteiger partial charge in [0.05, 0.1) is 5.92 Å². The smallest absolute Gasteiger partial charge is 0.286 e. The van der Waals surface area contributed by atoms with Crippen LogP contribution in [0.25, 0.3) is 11.0 Å². The van der Waals surface area contributed by atoms with Crippen molar-refractivity contribution in [3.63, 3.8) is 0 Å². The van der Waals surface area contributed by atoms with Crippen molar-refractivity contribution in [2.45, 2.75) is 5.92 Å². The molecule has 5 heteroatoms. The van der Waals surface area contributed by atoms with E-state index in [9.17, 15) is 9.59 Å². The molecule has 0 bridgehead atoms. The molecule has 4 aromatic rings. The molecule has 1 heterocycles. The van der Waals surface area contributed by atoms with E-state index in [4.69, 9.17) is 10.2 Å². The Morgan fingerprint density at radius 3 is 1.89 bits per heavy atom. The number of furan rings is 1. The number of anilines is 1. The highest BCUT2D eigenvalue weighted by Gasteiger charge is 2.26. The van der Waals surface area contributed by atoms with Crippen molar-refractivity contribution >= 4 is 28.5 Å². The lowest BCUT2D eigenvalue weighted by molar-refractivity contribution is -0.116. The molecule has 0 unspecified atom stereocenters. The number of nitrogens with one attached hydrogen (secondary N) is 1. The predicted octanol–water partition coefficient (Wildman–Crippen LogP) is 4.30. The van der Waals surface area contributed by atoms with Gasteiger partial charge in [-0.2, -0.15) is 0 Å². The Hall–Kier alpha value is -3.86. The Labute approximate surface area is 161 Å². The number of carbonyl (C=O) groups excluding carboxylic acids is 2. The van der Waals surface area contributed by atoms with Gasteiger partial charge in [-0.15, -0.1) is 0 Å². The monoisotopic (exact) mass is 370 g/mol. The van der Waals surface area contributed by atoms with Crippen LogP contribution >= 0.6 is 0 Å². The second-order valence-electron chi connectivity index (χ2n) is 6.41. The number of hydrogen-bond donors (Lipinski definition) is 2. The molecule has 5 nitrogen and oxygen atoms in total. The van der Waals surface area contributed by atoms with Crippen LogP contribution in [0.4, 0.5) is 5.69 Å². The first-order chi connectivity index (χ1) is 13.6. The number of nitrogens with two attached hydrogens (primary N) is 1. The fourth-order valence-corrected chi connectivity index (χ4v) is 3.32. The van der Waals surface area contributed by atoms with Crippen LogP contribution in [-0.4, -0.2) is 11.8 Å². The van der Waals surface area contributed by atoms with Gasteiger partial charge in [0.2, 0.25) is 11.7 Å². The van der Waals surface area contributed by atoms with E-state index < -0.39 is 11.8 Å². The maximum absolute atomic E-state index is 13.3. The van der Waals surface area contributed by atoms with E-state index in [1.807, 2.05) is 66.7 Å². The van der Waals surface area contributed by atoms with Gasteiger partial charge in [0.15, 0.2) is 0 Å². The molecule has 0 aliphatic heterocycles. The number of benzene rings is 3. The third-order valence-corrected chi connectivity index (χ3v) is 4.60. The second kappa shape index (κ2) is 7.40. The van der Waals surface area contributed by atoms with Crippen LogP contribution in [0.5, 0.6) is 0 Å². The van der Waals surface area contributed by atoms with Crippen LogP contribution < -0.4 is 11.1 Å².